The summed E-state index contributed by atoms with van der Waals surface area (Å²) in [7, 11) is 0. The van der Waals surface area contributed by atoms with Crippen LogP contribution in [0, 0.1) is 29.9 Å². The summed E-state index contributed by atoms with van der Waals surface area (Å²) >= 11 is 6.32. The number of nitrogens with one attached hydrogen (secondary N) is 4. The van der Waals surface area contributed by atoms with Crippen LogP contribution in [-0.2, 0) is 27.5 Å². The van der Waals surface area contributed by atoms with Crippen molar-refractivity contribution in [3.63, 3.8) is 0 Å². The Labute approximate surface area is 333 Å². The molecule has 0 saturated heterocycles. The molecule has 1 saturated carbocycles. The van der Waals surface area contributed by atoms with Crippen LogP contribution in [0.2, 0.25) is 5.02 Å². The molecule has 1 fully saturated rings. The van der Waals surface area contributed by atoms with Crippen molar-refractivity contribution in [2.75, 3.05) is 25.0 Å². The Morgan fingerprint density at radius 2 is 1.67 bits per heavy atom. The maximum Gasteiger partial charge on any atom is 0.357 e. The zero-order valence-electron chi connectivity index (χ0n) is 31.5. The predicted molar refractivity (Wildman–Crippen MR) is 213 cm³/mol. The van der Waals surface area contributed by atoms with Crippen LogP contribution in [-0.4, -0.2) is 53.3 Å². The molecule has 11 nitrogen and oxygen atoms in total. The van der Waals surface area contributed by atoms with E-state index in [0.29, 0.717) is 5.69 Å². The highest BCUT2D eigenvalue weighted by molar-refractivity contribution is 6.42. The third kappa shape index (κ3) is 9.46. The fourth-order valence-corrected chi connectivity index (χ4v) is 7.05. The van der Waals surface area contributed by atoms with E-state index in [-0.39, 0.29) is 58.2 Å². The molecule has 0 radical (unpaired) electrons. The fraction of sp³-hybridized carbons (Fsp3) is 0.256. The highest BCUT2D eigenvalue weighted by Gasteiger charge is 2.41. The number of ether oxygens (including phenoxy) is 1. The van der Waals surface area contributed by atoms with Gasteiger partial charge in [0.25, 0.3) is 11.8 Å². The van der Waals surface area contributed by atoms with Crippen LogP contribution in [0.4, 0.5) is 20.2 Å². The average molecular weight is 798 g/mol. The van der Waals surface area contributed by atoms with E-state index in [0.717, 1.165) is 54.0 Å². The minimum absolute atomic E-state index is 0.0640. The number of hydroxylamine groups is 2. The Hall–Kier alpha value is -5.73. The van der Waals surface area contributed by atoms with Gasteiger partial charge in [-0.2, -0.15) is 0 Å². The third-order valence-electron chi connectivity index (χ3n) is 10.1. The molecule has 5 N–H and O–H groups in total. The second-order valence-electron chi connectivity index (χ2n) is 13.9. The number of carbonyl (C=O) groups is 3. The Morgan fingerprint density at radius 3 is 2.37 bits per heavy atom. The number of esters is 1. The van der Waals surface area contributed by atoms with Gasteiger partial charge in [-0.25, -0.2) is 24.5 Å². The van der Waals surface area contributed by atoms with Crippen LogP contribution in [0.15, 0.2) is 84.9 Å². The van der Waals surface area contributed by atoms with Gasteiger partial charge in [-0.3, -0.25) is 29.9 Å². The van der Waals surface area contributed by atoms with Crippen LogP contribution in [0.1, 0.15) is 74.7 Å². The first-order chi connectivity index (χ1) is 27.4. The average Bonchev–Trinajstić information content (AvgIpc) is 3.99. The SMILES string of the molecule is CCN(CC)Cc1ccc2cc(COC(=O)C(=N)c3ccc(C(=O)NO)cc3)ccc2c1C1CC1CONC(=O)c1ccc(F)c(F)c1Nc1ccc(C)cc1Cl. The van der Waals surface area contributed by atoms with E-state index in [1.165, 1.54) is 46.9 Å². The lowest BCUT2D eigenvalue weighted by molar-refractivity contribution is -0.136. The van der Waals surface area contributed by atoms with E-state index in [1.807, 2.05) is 31.2 Å². The highest BCUT2D eigenvalue weighted by atomic mass is 35.5. The van der Waals surface area contributed by atoms with Gasteiger partial charge < -0.3 is 10.1 Å². The quantitative estimate of drug-likeness (QED) is 0.0289. The monoisotopic (exact) mass is 797 g/mol. The van der Waals surface area contributed by atoms with Gasteiger partial charge in [-0.15, -0.1) is 0 Å². The first-order valence-corrected chi connectivity index (χ1v) is 18.8. The van der Waals surface area contributed by atoms with Gasteiger partial charge in [0, 0.05) is 17.7 Å². The topological polar surface area (TPSA) is 153 Å². The van der Waals surface area contributed by atoms with Gasteiger partial charge >= 0.3 is 5.97 Å². The second-order valence-corrected chi connectivity index (χ2v) is 14.3. The van der Waals surface area contributed by atoms with Crippen LogP contribution < -0.4 is 16.3 Å². The van der Waals surface area contributed by atoms with Crippen molar-refractivity contribution >= 4 is 57.2 Å². The number of nitrogens with zero attached hydrogens (tertiary/aromatic N) is 1. The largest absolute Gasteiger partial charge is 0.456 e. The zero-order valence-corrected chi connectivity index (χ0v) is 32.3. The van der Waals surface area contributed by atoms with E-state index in [9.17, 15) is 18.8 Å². The lowest BCUT2D eigenvalue weighted by atomic mass is 9.93. The molecular weight excluding hydrogens is 756 g/mol. The molecule has 0 bridgehead atoms. The standard InChI is InChI=1S/C43H42ClF2N5O6/c1-4-51(5-2)21-29-13-12-28-19-25(22-56-43(54)39(47)26-8-10-27(11-9-26)41(52)49-55)7-14-31(28)37(29)33-20-30(33)23-57-50-42(53)32-15-16-35(45)38(46)40(32)48-36-17-6-24(3)18-34(36)44/h6-19,30,33,47-48,55H,4-5,20-23H2,1-3H3,(H,49,52)(H,50,53). The van der Waals surface area contributed by atoms with Gasteiger partial charge in [0.2, 0.25) is 0 Å². The molecule has 2 atom stereocenters. The molecule has 14 heteroatoms. The third-order valence-corrected chi connectivity index (χ3v) is 10.4. The summed E-state index contributed by atoms with van der Waals surface area (Å²) < 4.78 is 34.8. The second kappa shape index (κ2) is 18.0. The first-order valence-electron chi connectivity index (χ1n) is 18.4. The molecule has 6 rings (SSSR count). The van der Waals surface area contributed by atoms with Crippen LogP contribution >= 0.6 is 11.6 Å². The summed E-state index contributed by atoms with van der Waals surface area (Å²) in [5.74, 6) is -4.45. The number of hydrogen-bond acceptors (Lipinski definition) is 9. The summed E-state index contributed by atoms with van der Waals surface area (Å²) in [6, 6.07) is 22.7. The first kappa shape index (κ1) is 40.9. The summed E-state index contributed by atoms with van der Waals surface area (Å²) in [4.78, 5) is 45.6. The number of aryl methyl sites for hydroxylation is 1. The highest BCUT2D eigenvalue weighted by Crippen LogP contribution is 2.51. The fourth-order valence-electron chi connectivity index (χ4n) is 6.77. The molecule has 0 spiro atoms. The predicted octanol–water partition coefficient (Wildman–Crippen LogP) is 8.36. The van der Waals surface area contributed by atoms with Crippen molar-refractivity contribution in [2.45, 2.75) is 46.3 Å². The number of amides is 2. The smallest absolute Gasteiger partial charge is 0.357 e. The minimum Gasteiger partial charge on any atom is -0.456 e. The van der Waals surface area contributed by atoms with Crippen LogP contribution in [0.25, 0.3) is 10.8 Å². The molecule has 57 heavy (non-hydrogen) atoms. The van der Waals surface area contributed by atoms with E-state index < -0.39 is 29.4 Å². The number of halogens is 3. The molecule has 5 aromatic rings. The maximum absolute atomic E-state index is 15.0. The summed E-state index contributed by atoms with van der Waals surface area (Å²) in [5, 5.41) is 22.1. The number of benzene rings is 5. The Balaban J connectivity index is 1.13. The van der Waals surface area contributed by atoms with Crippen LogP contribution in [0.5, 0.6) is 0 Å². The minimum atomic E-state index is -1.22. The zero-order chi connectivity index (χ0) is 40.8. The van der Waals surface area contributed by atoms with Crippen molar-refractivity contribution in [3.8, 4) is 0 Å². The molecule has 296 valence electrons. The molecular formula is C43H42ClF2N5O6. The number of hydrogen-bond donors (Lipinski definition) is 5. The van der Waals surface area contributed by atoms with E-state index in [2.05, 4.69) is 35.6 Å². The summed E-state index contributed by atoms with van der Waals surface area (Å²) in [6.45, 7) is 8.67. The van der Waals surface area contributed by atoms with Gasteiger partial charge in [-0.1, -0.05) is 67.9 Å². The van der Waals surface area contributed by atoms with Gasteiger partial charge in [0.1, 0.15) is 12.3 Å². The van der Waals surface area contributed by atoms with Gasteiger partial charge in [0.05, 0.1) is 28.6 Å². The molecule has 5 aromatic carbocycles. The van der Waals surface area contributed by atoms with E-state index in [1.54, 1.807) is 18.2 Å². The number of anilines is 2. The molecule has 0 aliphatic heterocycles. The lowest BCUT2D eigenvalue weighted by Gasteiger charge is -2.22. The lowest BCUT2D eigenvalue weighted by Crippen LogP contribution is -2.26. The molecule has 2 amide bonds. The van der Waals surface area contributed by atoms with Gasteiger partial charge in [0.15, 0.2) is 11.6 Å². The molecule has 2 unspecified atom stereocenters. The molecule has 0 aromatic heterocycles. The number of rotatable bonds is 16. The molecule has 1 aliphatic carbocycles. The van der Waals surface area contributed by atoms with Gasteiger partial charge in [-0.05, 0) is 114 Å². The van der Waals surface area contributed by atoms with Crippen molar-refractivity contribution in [3.05, 3.63) is 141 Å². The number of fused-ring (bicyclic) bond motifs is 1. The van der Waals surface area contributed by atoms with Crippen molar-refractivity contribution in [2.24, 2.45) is 5.92 Å². The normalized spacial score (nSPS) is 14.7. The van der Waals surface area contributed by atoms with E-state index >= 15 is 4.39 Å². The summed E-state index contributed by atoms with van der Waals surface area (Å²) in [6.07, 6.45) is 0.803. The van der Waals surface area contributed by atoms with Crippen molar-refractivity contribution < 1.29 is 37.9 Å². The van der Waals surface area contributed by atoms with E-state index in [4.69, 9.17) is 31.8 Å². The Morgan fingerprint density at radius 1 is 0.930 bits per heavy atom. The van der Waals surface area contributed by atoms with Crippen LogP contribution in [0.3, 0.4) is 0 Å². The van der Waals surface area contributed by atoms with Crippen molar-refractivity contribution in [1.82, 2.24) is 15.9 Å². The van der Waals surface area contributed by atoms with Crippen molar-refractivity contribution in [1.29, 1.82) is 5.41 Å². The molecule has 0 heterocycles. The molecule has 1 aliphatic rings. The Kier molecular flexibility index (Phi) is 12.9. The Bertz CT molecular complexity index is 2340. The maximum atomic E-state index is 15.0. The number of carbonyl (C=O) groups excluding carboxylic acids is 3. The summed E-state index contributed by atoms with van der Waals surface area (Å²) in [5.41, 5.74) is 7.74.